The van der Waals surface area contributed by atoms with Crippen molar-refractivity contribution in [1.29, 1.82) is 0 Å². The van der Waals surface area contributed by atoms with E-state index in [9.17, 15) is 14.7 Å². The van der Waals surface area contributed by atoms with E-state index in [1.165, 1.54) is 22.8 Å². The van der Waals surface area contributed by atoms with Gasteiger partial charge in [0.15, 0.2) is 0 Å². The first-order chi connectivity index (χ1) is 11.3. The first-order valence-corrected chi connectivity index (χ1v) is 8.45. The van der Waals surface area contributed by atoms with Crippen LogP contribution in [0.25, 0.3) is 21.6 Å². The van der Waals surface area contributed by atoms with Gasteiger partial charge in [0.2, 0.25) is 0 Å². The summed E-state index contributed by atoms with van der Waals surface area (Å²) in [7, 11) is 0. The molecule has 5 nitrogen and oxygen atoms in total. The quantitative estimate of drug-likeness (QED) is 0.788. The van der Waals surface area contributed by atoms with Crippen LogP contribution in [0.1, 0.15) is 29.0 Å². The third-order valence-electron chi connectivity index (χ3n) is 4.26. The lowest BCUT2D eigenvalue weighted by Gasteiger charge is -2.16. The number of carboxylic acids is 1. The number of hydrogen-bond acceptors (Lipinski definition) is 4. The molecule has 1 aromatic carbocycles. The molecule has 0 aliphatic carbocycles. The maximum atomic E-state index is 13.1. The van der Waals surface area contributed by atoms with Gasteiger partial charge in [-0.1, -0.05) is 23.8 Å². The number of aromatic nitrogens is 2. The smallest absolute Gasteiger partial charge is 0.326 e. The second-order valence-corrected chi connectivity index (χ2v) is 7.16. The molecule has 0 aliphatic rings. The van der Waals surface area contributed by atoms with Crippen molar-refractivity contribution in [2.24, 2.45) is 0 Å². The van der Waals surface area contributed by atoms with E-state index in [2.05, 4.69) is 4.98 Å². The van der Waals surface area contributed by atoms with E-state index < -0.39 is 12.0 Å². The third-order valence-corrected chi connectivity index (χ3v) is 5.36. The van der Waals surface area contributed by atoms with Gasteiger partial charge in [-0.25, -0.2) is 9.78 Å². The Labute approximate surface area is 143 Å². The fourth-order valence-electron chi connectivity index (χ4n) is 2.76. The molecule has 124 valence electrons. The maximum absolute atomic E-state index is 13.1. The van der Waals surface area contributed by atoms with Gasteiger partial charge >= 0.3 is 5.97 Å². The van der Waals surface area contributed by atoms with E-state index in [-0.39, 0.29) is 5.56 Å². The van der Waals surface area contributed by atoms with Gasteiger partial charge in [-0.15, -0.1) is 11.3 Å². The maximum Gasteiger partial charge on any atom is 0.326 e. The van der Waals surface area contributed by atoms with Gasteiger partial charge in [0, 0.05) is 10.4 Å². The summed E-state index contributed by atoms with van der Waals surface area (Å²) < 4.78 is 1.29. The van der Waals surface area contributed by atoms with Crippen molar-refractivity contribution in [2.45, 2.75) is 33.7 Å². The molecule has 0 aliphatic heterocycles. The van der Waals surface area contributed by atoms with Crippen LogP contribution in [0, 0.1) is 20.8 Å². The molecule has 0 saturated heterocycles. The van der Waals surface area contributed by atoms with E-state index in [1.54, 1.807) is 0 Å². The Kier molecular flexibility index (Phi) is 4.01. The fraction of sp³-hybridized carbons (Fsp3) is 0.278. The van der Waals surface area contributed by atoms with Crippen LogP contribution < -0.4 is 5.56 Å². The zero-order valence-corrected chi connectivity index (χ0v) is 14.8. The van der Waals surface area contributed by atoms with Crippen molar-refractivity contribution >= 4 is 27.5 Å². The monoisotopic (exact) mass is 342 g/mol. The van der Waals surface area contributed by atoms with E-state index in [1.807, 2.05) is 45.0 Å². The molecule has 0 saturated carbocycles. The number of aliphatic carboxylic acids is 1. The van der Waals surface area contributed by atoms with Crippen LogP contribution in [-0.2, 0) is 4.79 Å². The highest BCUT2D eigenvalue weighted by Gasteiger charge is 2.24. The summed E-state index contributed by atoms with van der Waals surface area (Å²) in [6.07, 6.45) is 0. The Hall–Kier alpha value is -2.47. The third kappa shape index (κ3) is 2.53. The first-order valence-electron chi connectivity index (χ1n) is 7.63. The Balaban J connectivity index is 2.45. The topological polar surface area (TPSA) is 72.2 Å². The standard InChI is InChI=1S/C18H18N2O3S/c1-9-6-5-7-13(8-9)15-19-16-14(10(2)12(4)24-16)17(21)20(15)11(3)18(22)23/h5-8,11H,1-4H3,(H,22,23). The number of carbonyl (C=O) groups is 1. The van der Waals surface area contributed by atoms with Crippen LogP contribution in [-0.4, -0.2) is 20.6 Å². The highest BCUT2D eigenvalue weighted by atomic mass is 32.1. The van der Waals surface area contributed by atoms with Crippen molar-refractivity contribution in [1.82, 2.24) is 9.55 Å². The summed E-state index contributed by atoms with van der Waals surface area (Å²) in [5.74, 6) is -0.663. The molecule has 0 radical (unpaired) electrons. The molecule has 0 spiro atoms. The lowest BCUT2D eigenvalue weighted by atomic mass is 10.1. The minimum absolute atomic E-state index is 0.298. The minimum Gasteiger partial charge on any atom is -0.480 e. The van der Waals surface area contributed by atoms with Gasteiger partial charge in [-0.3, -0.25) is 9.36 Å². The van der Waals surface area contributed by atoms with Crippen molar-refractivity contribution in [3.63, 3.8) is 0 Å². The summed E-state index contributed by atoms with van der Waals surface area (Å²) in [6, 6.07) is 6.58. The molecule has 1 atom stereocenters. The number of nitrogens with zero attached hydrogens (tertiary/aromatic N) is 2. The van der Waals surface area contributed by atoms with Crippen LogP contribution in [0.2, 0.25) is 0 Å². The second kappa shape index (κ2) is 5.87. The number of aryl methyl sites for hydroxylation is 3. The number of hydrogen-bond donors (Lipinski definition) is 1. The molecule has 24 heavy (non-hydrogen) atoms. The minimum atomic E-state index is -1.06. The molecule has 1 N–H and O–H groups in total. The highest BCUT2D eigenvalue weighted by molar-refractivity contribution is 7.18. The van der Waals surface area contributed by atoms with E-state index in [4.69, 9.17) is 0 Å². The van der Waals surface area contributed by atoms with E-state index >= 15 is 0 Å². The summed E-state index contributed by atoms with van der Waals surface area (Å²) >= 11 is 1.46. The van der Waals surface area contributed by atoms with E-state index in [0.717, 1.165) is 21.6 Å². The average molecular weight is 342 g/mol. The Bertz CT molecular complexity index is 1020. The lowest BCUT2D eigenvalue weighted by Crippen LogP contribution is -2.30. The zero-order chi connectivity index (χ0) is 17.6. The summed E-state index contributed by atoms with van der Waals surface area (Å²) in [5.41, 5.74) is 2.34. The van der Waals surface area contributed by atoms with Gasteiger partial charge in [-0.2, -0.15) is 0 Å². The largest absolute Gasteiger partial charge is 0.480 e. The van der Waals surface area contributed by atoms with Crippen molar-refractivity contribution in [3.8, 4) is 11.4 Å². The molecule has 0 amide bonds. The number of carboxylic acid groups (broad SMARTS) is 1. The molecule has 2 heterocycles. The molecule has 6 heteroatoms. The number of fused-ring (bicyclic) bond motifs is 1. The van der Waals surface area contributed by atoms with Gasteiger partial charge in [0.25, 0.3) is 5.56 Å². The summed E-state index contributed by atoms with van der Waals surface area (Å²) in [4.78, 5) is 30.9. The van der Waals surface area contributed by atoms with Gasteiger partial charge in [-0.05, 0) is 39.3 Å². The SMILES string of the molecule is Cc1cccc(-c2nc3sc(C)c(C)c3c(=O)n2C(C)C(=O)O)c1. The number of benzene rings is 1. The Morgan fingerprint density at radius 1 is 1.29 bits per heavy atom. The predicted molar refractivity (Wildman–Crippen MR) is 95.9 cm³/mol. The zero-order valence-electron chi connectivity index (χ0n) is 14.0. The normalized spacial score (nSPS) is 12.5. The lowest BCUT2D eigenvalue weighted by molar-refractivity contribution is -0.140. The van der Waals surface area contributed by atoms with Crippen LogP contribution in [0.5, 0.6) is 0 Å². The number of rotatable bonds is 3. The van der Waals surface area contributed by atoms with Crippen LogP contribution in [0.4, 0.5) is 0 Å². The van der Waals surface area contributed by atoms with Crippen LogP contribution >= 0.6 is 11.3 Å². The van der Waals surface area contributed by atoms with Gasteiger partial charge in [0.05, 0.1) is 5.39 Å². The van der Waals surface area contributed by atoms with Gasteiger partial charge < -0.3 is 5.11 Å². The summed E-state index contributed by atoms with van der Waals surface area (Å²) in [5, 5.41) is 9.96. The Morgan fingerprint density at radius 2 is 2.00 bits per heavy atom. The highest BCUT2D eigenvalue weighted by Crippen LogP contribution is 2.30. The van der Waals surface area contributed by atoms with Crippen LogP contribution in [0.15, 0.2) is 29.1 Å². The predicted octanol–water partition coefficient (Wildman–Crippen LogP) is 3.70. The van der Waals surface area contributed by atoms with Crippen molar-refractivity contribution < 1.29 is 9.90 Å². The molecule has 3 rings (SSSR count). The Morgan fingerprint density at radius 3 is 2.62 bits per heavy atom. The van der Waals surface area contributed by atoms with Crippen molar-refractivity contribution in [2.75, 3.05) is 0 Å². The molecular formula is C18H18N2O3S. The first kappa shape index (κ1) is 16.4. The van der Waals surface area contributed by atoms with Crippen LogP contribution in [0.3, 0.4) is 0 Å². The fourth-order valence-corrected chi connectivity index (χ4v) is 3.78. The molecule has 2 aromatic heterocycles. The van der Waals surface area contributed by atoms with Crippen molar-refractivity contribution in [3.05, 3.63) is 50.6 Å². The van der Waals surface area contributed by atoms with E-state index in [0.29, 0.717) is 16.0 Å². The average Bonchev–Trinajstić information content (AvgIpc) is 2.81. The molecule has 0 bridgehead atoms. The summed E-state index contributed by atoms with van der Waals surface area (Å²) in [6.45, 7) is 7.27. The molecule has 0 fully saturated rings. The van der Waals surface area contributed by atoms with Gasteiger partial charge in [0.1, 0.15) is 16.7 Å². The number of thiophene rings is 1. The molecule has 3 aromatic rings. The molecular weight excluding hydrogens is 324 g/mol. The second-order valence-electron chi connectivity index (χ2n) is 5.96. The molecule has 1 unspecified atom stereocenters.